The lowest BCUT2D eigenvalue weighted by Crippen LogP contribution is -2.77. The van der Waals surface area contributed by atoms with Gasteiger partial charge in [0.05, 0.1) is 36.5 Å². The van der Waals surface area contributed by atoms with Crippen LogP contribution in [0.4, 0.5) is 4.79 Å². The van der Waals surface area contributed by atoms with Gasteiger partial charge >= 0.3 is 6.09 Å². The molecule has 0 saturated carbocycles. The number of hydrogen-bond acceptors (Lipinski definition) is 4. The molecule has 0 aliphatic rings. The van der Waals surface area contributed by atoms with E-state index in [2.05, 4.69) is 21.2 Å². The smallest absolute Gasteiger partial charge is 0.407 e. The molecule has 1 atom stereocenters. The summed E-state index contributed by atoms with van der Waals surface area (Å²) in [6, 6.07) is -0.186. The van der Waals surface area contributed by atoms with Gasteiger partial charge < -0.3 is 25.5 Å². The number of halogens is 1. The lowest BCUT2D eigenvalue weighted by atomic mass is 10.2. The Hall–Kier alpha value is -0.920. The van der Waals surface area contributed by atoms with Gasteiger partial charge in [-0.15, -0.1) is 0 Å². The molecule has 4 N–H and O–H groups in total. The Labute approximate surface area is 135 Å². The molecule has 1 amide bonds. The highest BCUT2D eigenvalue weighted by atomic mass is 79.9. The number of allylic oxidation sites excluding steroid dienone is 1. The highest BCUT2D eigenvalue weighted by molar-refractivity contribution is 9.12. The van der Waals surface area contributed by atoms with Gasteiger partial charge in [0.25, 0.3) is 0 Å². The molecule has 6 nitrogen and oxygen atoms in total. The fourth-order valence-corrected chi connectivity index (χ4v) is 1.66. The van der Waals surface area contributed by atoms with Crippen molar-refractivity contribution in [2.75, 3.05) is 20.3 Å². The highest BCUT2D eigenvalue weighted by Gasteiger charge is 2.17. The van der Waals surface area contributed by atoms with Crippen molar-refractivity contribution in [3.05, 3.63) is 10.2 Å². The Balaban J connectivity index is 4.08. The molecule has 0 aromatic carbocycles. The average molecular weight is 365 g/mol. The molecule has 0 saturated heterocycles. The summed E-state index contributed by atoms with van der Waals surface area (Å²) in [4.78, 5) is 11.6. The number of carbonyl (C=O) groups excluding carboxylic acids is 1. The van der Waals surface area contributed by atoms with Crippen LogP contribution in [0.3, 0.4) is 0 Å². The van der Waals surface area contributed by atoms with Crippen molar-refractivity contribution < 1.29 is 19.6 Å². The number of quaternary nitrogens is 1. The molecule has 0 aromatic heterocycles. The molecule has 0 rings (SSSR count). The lowest BCUT2D eigenvalue weighted by molar-refractivity contribution is -0.575. The monoisotopic (exact) mass is 364 g/mol. The Bertz CT molecular complexity index is 403. The summed E-state index contributed by atoms with van der Waals surface area (Å²) in [6.45, 7) is 9.68. The molecule has 122 valence electrons. The number of nitrogens with two attached hydrogens (primary N) is 1. The van der Waals surface area contributed by atoms with E-state index in [0.717, 1.165) is 10.2 Å². The molecule has 0 fully saturated rings. The maximum Gasteiger partial charge on any atom is 0.407 e. The van der Waals surface area contributed by atoms with Crippen molar-refractivity contribution in [1.82, 2.24) is 5.32 Å². The van der Waals surface area contributed by atoms with Gasteiger partial charge in [-0.1, -0.05) is 0 Å². The van der Waals surface area contributed by atoms with Crippen LogP contribution in [-0.4, -0.2) is 43.7 Å². The Morgan fingerprint density at radius 2 is 2.00 bits per heavy atom. The number of amides is 1. The highest BCUT2D eigenvalue weighted by Crippen LogP contribution is 2.09. The average Bonchev–Trinajstić information content (AvgIpc) is 2.34. The van der Waals surface area contributed by atoms with Crippen LogP contribution in [0.15, 0.2) is 10.2 Å². The van der Waals surface area contributed by atoms with E-state index in [1.54, 1.807) is 0 Å². The molecule has 21 heavy (non-hydrogen) atoms. The molecule has 0 bridgehead atoms. The van der Waals surface area contributed by atoms with Crippen LogP contribution in [0, 0.1) is 5.41 Å². The van der Waals surface area contributed by atoms with E-state index in [1.807, 2.05) is 47.0 Å². The molecule has 0 heterocycles. The molecular formula is C14H27BrN3O3+. The van der Waals surface area contributed by atoms with Crippen LogP contribution in [0.5, 0.6) is 0 Å². The van der Waals surface area contributed by atoms with Gasteiger partial charge in [0.1, 0.15) is 11.3 Å². The van der Waals surface area contributed by atoms with Gasteiger partial charge in [0.2, 0.25) is 0 Å². The molecule has 0 aliphatic carbocycles. The molecular weight excluding hydrogens is 338 g/mol. The zero-order valence-corrected chi connectivity index (χ0v) is 15.3. The van der Waals surface area contributed by atoms with Crippen molar-refractivity contribution in [1.29, 1.82) is 5.41 Å². The molecule has 0 radical (unpaired) electrons. The van der Waals surface area contributed by atoms with E-state index in [1.165, 1.54) is 0 Å². The molecule has 0 unspecified atom stereocenters. The van der Waals surface area contributed by atoms with Crippen molar-refractivity contribution >= 4 is 27.7 Å². The van der Waals surface area contributed by atoms with Crippen molar-refractivity contribution in [2.24, 2.45) is 0 Å². The van der Waals surface area contributed by atoms with Gasteiger partial charge in [0, 0.05) is 6.92 Å². The second-order valence-corrected chi connectivity index (χ2v) is 6.62. The largest absolute Gasteiger partial charge is 0.444 e. The third-order valence-electron chi connectivity index (χ3n) is 2.42. The number of alkyl carbamates (subject to hydrolysis) is 1. The predicted molar refractivity (Wildman–Crippen MR) is 86.9 cm³/mol. The van der Waals surface area contributed by atoms with E-state index in [9.17, 15) is 4.79 Å². The first-order valence-corrected chi connectivity index (χ1v) is 7.67. The minimum atomic E-state index is -0.517. The first-order chi connectivity index (χ1) is 9.56. The number of nitrogens with one attached hydrogen (secondary N) is 2. The van der Waals surface area contributed by atoms with Crippen LogP contribution in [0.2, 0.25) is 0 Å². The van der Waals surface area contributed by atoms with E-state index in [4.69, 9.17) is 14.9 Å². The fraction of sp³-hybridized carbons (Fsp3) is 0.714. The summed E-state index contributed by atoms with van der Waals surface area (Å²) in [6.07, 6.45) is -0.466. The fourth-order valence-electron chi connectivity index (χ4n) is 1.32. The topological polar surface area (TPSA) is 88.0 Å². The SMILES string of the molecule is C[NH2+]/C(C)=C(/Br)C(=N)COC[C@@H](C)NC(=O)OC(C)(C)C. The maximum atomic E-state index is 11.6. The third kappa shape index (κ3) is 9.60. The summed E-state index contributed by atoms with van der Waals surface area (Å²) in [5, 5.41) is 12.5. The summed E-state index contributed by atoms with van der Waals surface area (Å²) in [7, 11) is 1.91. The minimum Gasteiger partial charge on any atom is -0.444 e. The van der Waals surface area contributed by atoms with Gasteiger partial charge in [0.15, 0.2) is 0 Å². The lowest BCUT2D eigenvalue weighted by Gasteiger charge is -2.22. The zero-order chi connectivity index (χ0) is 16.6. The summed E-state index contributed by atoms with van der Waals surface area (Å²) >= 11 is 3.36. The van der Waals surface area contributed by atoms with Gasteiger partial charge in [-0.05, 0) is 43.6 Å². The van der Waals surface area contributed by atoms with Crippen molar-refractivity contribution in [2.45, 2.75) is 46.3 Å². The van der Waals surface area contributed by atoms with E-state index in [-0.39, 0.29) is 12.6 Å². The number of hydrogen-bond donors (Lipinski definition) is 3. The van der Waals surface area contributed by atoms with Crippen LogP contribution in [-0.2, 0) is 9.47 Å². The zero-order valence-electron chi connectivity index (χ0n) is 13.7. The predicted octanol–water partition coefficient (Wildman–Crippen LogP) is 1.76. The normalized spacial score (nSPS) is 14.2. The Morgan fingerprint density at radius 1 is 1.43 bits per heavy atom. The van der Waals surface area contributed by atoms with Crippen molar-refractivity contribution in [3.63, 3.8) is 0 Å². The molecule has 7 heteroatoms. The number of ether oxygens (including phenoxy) is 2. The van der Waals surface area contributed by atoms with Gasteiger partial charge in [-0.25, -0.2) is 4.79 Å². The first-order valence-electron chi connectivity index (χ1n) is 6.87. The van der Waals surface area contributed by atoms with E-state index >= 15 is 0 Å². The van der Waals surface area contributed by atoms with Gasteiger partial charge in [-0.3, -0.25) is 0 Å². The summed E-state index contributed by atoms with van der Waals surface area (Å²) in [5.41, 5.74) is 0.843. The van der Waals surface area contributed by atoms with Crippen LogP contribution < -0.4 is 10.6 Å². The summed E-state index contributed by atoms with van der Waals surface area (Å²) < 4.78 is 11.3. The van der Waals surface area contributed by atoms with Gasteiger partial charge in [-0.2, -0.15) is 0 Å². The number of carbonyl (C=O) groups is 1. The molecule has 0 spiro atoms. The number of rotatable bonds is 7. The van der Waals surface area contributed by atoms with E-state index < -0.39 is 11.7 Å². The van der Waals surface area contributed by atoms with E-state index in [0.29, 0.717) is 12.3 Å². The first kappa shape index (κ1) is 20.1. The maximum absolute atomic E-state index is 11.6. The van der Waals surface area contributed by atoms with Crippen LogP contribution in [0.1, 0.15) is 34.6 Å². The Morgan fingerprint density at radius 3 is 2.48 bits per heavy atom. The summed E-state index contributed by atoms with van der Waals surface area (Å²) in [5.74, 6) is 0. The second-order valence-electron chi connectivity index (χ2n) is 5.83. The quantitative estimate of drug-likeness (QED) is 0.601. The third-order valence-corrected chi connectivity index (χ3v) is 3.53. The Kier molecular flexibility index (Phi) is 8.77. The standard InChI is InChI=1S/C14H26BrN3O3/c1-9(18-13(19)21-14(3,4)5)7-20-8-11(16)12(15)10(2)17-6/h9,16-17H,7-8H2,1-6H3,(H,18,19)/p+1/b12-10+,16-11?/t9-/m1/s1. The van der Waals surface area contributed by atoms with Crippen molar-refractivity contribution in [3.8, 4) is 0 Å². The molecule has 0 aromatic rings. The second kappa shape index (κ2) is 9.17. The minimum absolute atomic E-state index is 0.186. The molecule has 0 aliphatic heterocycles. The van der Waals surface area contributed by atoms with Crippen LogP contribution >= 0.6 is 15.9 Å². The van der Waals surface area contributed by atoms with Crippen LogP contribution in [0.25, 0.3) is 0 Å².